The smallest absolute Gasteiger partial charge is 0.243 e. The van der Waals surface area contributed by atoms with Gasteiger partial charge in [0, 0.05) is 18.1 Å². The lowest BCUT2D eigenvalue weighted by atomic mass is 10.1. The average Bonchev–Trinajstić information content (AvgIpc) is 2.61. The maximum atomic E-state index is 12.7. The largest absolute Gasteiger partial charge is 0.372 e. The first kappa shape index (κ1) is 17.4. The van der Waals surface area contributed by atoms with Gasteiger partial charge < -0.3 is 4.74 Å². The second-order valence-corrected chi connectivity index (χ2v) is 8.25. The first-order valence-electron chi connectivity index (χ1n) is 7.97. The fourth-order valence-corrected chi connectivity index (χ4v) is 4.44. The van der Waals surface area contributed by atoms with Gasteiger partial charge in [0.05, 0.1) is 17.6 Å². The lowest BCUT2D eigenvalue weighted by Gasteiger charge is -2.32. The highest BCUT2D eigenvalue weighted by molar-refractivity contribution is 7.89. The van der Waals surface area contributed by atoms with Crippen molar-refractivity contribution >= 4 is 21.6 Å². The van der Waals surface area contributed by atoms with E-state index in [0.29, 0.717) is 24.7 Å². The van der Waals surface area contributed by atoms with Crippen molar-refractivity contribution in [2.75, 3.05) is 13.1 Å². The Kier molecular flexibility index (Phi) is 5.56. The van der Waals surface area contributed by atoms with Crippen molar-refractivity contribution in [3.05, 3.63) is 65.2 Å². The minimum Gasteiger partial charge on any atom is -0.372 e. The van der Waals surface area contributed by atoms with E-state index in [1.807, 2.05) is 30.3 Å². The van der Waals surface area contributed by atoms with Crippen molar-refractivity contribution < 1.29 is 13.2 Å². The summed E-state index contributed by atoms with van der Waals surface area (Å²) in [5, 5.41) is 0.525. The lowest BCUT2D eigenvalue weighted by Crippen LogP contribution is -2.43. The zero-order valence-corrected chi connectivity index (χ0v) is 14.8. The summed E-state index contributed by atoms with van der Waals surface area (Å²) >= 11 is 5.84. The van der Waals surface area contributed by atoms with Crippen LogP contribution in [0.15, 0.2) is 59.5 Å². The van der Waals surface area contributed by atoms with Gasteiger partial charge in [-0.3, -0.25) is 0 Å². The summed E-state index contributed by atoms with van der Waals surface area (Å²) in [4.78, 5) is 0.274. The molecule has 4 nitrogen and oxygen atoms in total. The molecule has 3 rings (SSSR count). The van der Waals surface area contributed by atoms with Gasteiger partial charge in [-0.15, -0.1) is 0 Å². The minimum absolute atomic E-state index is 0.0824. The molecule has 0 bridgehead atoms. The Morgan fingerprint density at radius 1 is 1.08 bits per heavy atom. The van der Waals surface area contributed by atoms with E-state index >= 15 is 0 Å². The SMILES string of the molecule is O=S(=O)(c1ccc(Cl)cc1)N1CCCC(OCc2ccccc2)C1. The third-order valence-electron chi connectivity index (χ3n) is 4.12. The Balaban J connectivity index is 1.65. The van der Waals surface area contributed by atoms with E-state index in [-0.39, 0.29) is 11.0 Å². The molecule has 1 aliphatic heterocycles. The number of piperidine rings is 1. The summed E-state index contributed by atoms with van der Waals surface area (Å²) in [6.45, 7) is 1.41. The molecule has 0 amide bonds. The van der Waals surface area contributed by atoms with E-state index in [1.54, 1.807) is 24.3 Å². The number of nitrogens with zero attached hydrogens (tertiary/aromatic N) is 1. The second kappa shape index (κ2) is 7.66. The van der Waals surface area contributed by atoms with Gasteiger partial charge in [0.1, 0.15) is 0 Å². The molecule has 128 valence electrons. The van der Waals surface area contributed by atoms with Gasteiger partial charge in [-0.2, -0.15) is 4.31 Å². The predicted molar refractivity (Wildman–Crippen MR) is 94.5 cm³/mol. The Morgan fingerprint density at radius 2 is 1.79 bits per heavy atom. The van der Waals surface area contributed by atoms with Gasteiger partial charge in [0.25, 0.3) is 0 Å². The first-order chi connectivity index (χ1) is 11.6. The Hall–Kier alpha value is -1.40. The van der Waals surface area contributed by atoms with Gasteiger partial charge in [-0.1, -0.05) is 41.9 Å². The molecule has 1 unspecified atom stereocenters. The molecule has 2 aromatic rings. The molecule has 2 aromatic carbocycles. The summed E-state index contributed by atoms with van der Waals surface area (Å²) in [6, 6.07) is 16.2. The van der Waals surface area contributed by atoms with Crippen LogP contribution >= 0.6 is 11.6 Å². The minimum atomic E-state index is -3.50. The Morgan fingerprint density at radius 3 is 2.50 bits per heavy atom. The normalized spacial score (nSPS) is 19.3. The Labute approximate surface area is 148 Å². The standard InChI is InChI=1S/C18H20ClNO3S/c19-16-8-10-18(11-9-16)24(21,22)20-12-4-7-17(13-20)23-14-15-5-2-1-3-6-15/h1-3,5-6,8-11,17H,4,7,12-14H2. The van der Waals surface area contributed by atoms with E-state index in [4.69, 9.17) is 16.3 Å². The van der Waals surface area contributed by atoms with E-state index < -0.39 is 10.0 Å². The fourth-order valence-electron chi connectivity index (χ4n) is 2.80. The van der Waals surface area contributed by atoms with Crippen LogP contribution in [0.1, 0.15) is 18.4 Å². The van der Waals surface area contributed by atoms with Crippen molar-refractivity contribution in [1.29, 1.82) is 0 Å². The average molecular weight is 366 g/mol. The van der Waals surface area contributed by atoms with Crippen LogP contribution < -0.4 is 0 Å². The molecular weight excluding hydrogens is 346 g/mol. The molecule has 1 fully saturated rings. The van der Waals surface area contributed by atoms with E-state index in [9.17, 15) is 8.42 Å². The van der Waals surface area contributed by atoms with Crippen LogP contribution in [0.2, 0.25) is 5.02 Å². The van der Waals surface area contributed by atoms with Gasteiger partial charge in [0.2, 0.25) is 10.0 Å². The predicted octanol–water partition coefficient (Wildman–Crippen LogP) is 3.71. The van der Waals surface area contributed by atoms with Crippen molar-refractivity contribution in [3.63, 3.8) is 0 Å². The molecule has 1 aliphatic rings. The monoisotopic (exact) mass is 365 g/mol. The van der Waals surface area contributed by atoms with Crippen LogP contribution in [-0.4, -0.2) is 31.9 Å². The Bertz CT molecular complexity index is 763. The van der Waals surface area contributed by atoms with Crippen molar-refractivity contribution in [2.45, 2.75) is 30.4 Å². The second-order valence-electron chi connectivity index (χ2n) is 5.88. The summed E-state index contributed by atoms with van der Waals surface area (Å²) in [5.41, 5.74) is 1.09. The molecule has 0 N–H and O–H groups in total. The van der Waals surface area contributed by atoms with Crippen LogP contribution in [0.4, 0.5) is 0 Å². The summed E-state index contributed by atoms with van der Waals surface area (Å²) in [5.74, 6) is 0. The van der Waals surface area contributed by atoms with Crippen molar-refractivity contribution in [1.82, 2.24) is 4.31 Å². The van der Waals surface area contributed by atoms with Crippen LogP contribution in [0.25, 0.3) is 0 Å². The molecular formula is C18H20ClNO3S. The summed E-state index contributed by atoms with van der Waals surface area (Å²) in [6.07, 6.45) is 1.59. The van der Waals surface area contributed by atoms with Crippen molar-refractivity contribution in [3.8, 4) is 0 Å². The number of ether oxygens (including phenoxy) is 1. The van der Waals surface area contributed by atoms with E-state index in [1.165, 1.54) is 4.31 Å². The molecule has 1 saturated heterocycles. The summed E-state index contributed by atoms with van der Waals surface area (Å²) in [7, 11) is -3.50. The van der Waals surface area contributed by atoms with Crippen LogP contribution in [0, 0.1) is 0 Å². The topological polar surface area (TPSA) is 46.6 Å². The lowest BCUT2D eigenvalue weighted by molar-refractivity contribution is 0.00811. The maximum absolute atomic E-state index is 12.7. The number of halogens is 1. The molecule has 0 aromatic heterocycles. The number of rotatable bonds is 5. The molecule has 0 radical (unpaired) electrons. The third-order valence-corrected chi connectivity index (χ3v) is 6.25. The number of sulfonamides is 1. The quantitative estimate of drug-likeness (QED) is 0.811. The third kappa shape index (κ3) is 4.16. The highest BCUT2D eigenvalue weighted by atomic mass is 35.5. The zero-order valence-electron chi connectivity index (χ0n) is 13.3. The van der Waals surface area contributed by atoms with E-state index in [0.717, 1.165) is 18.4 Å². The molecule has 0 spiro atoms. The molecule has 24 heavy (non-hydrogen) atoms. The number of hydrogen-bond donors (Lipinski definition) is 0. The molecule has 6 heteroatoms. The zero-order chi connectivity index (χ0) is 17.0. The van der Waals surface area contributed by atoms with E-state index in [2.05, 4.69) is 0 Å². The van der Waals surface area contributed by atoms with Gasteiger partial charge in [0.15, 0.2) is 0 Å². The number of benzene rings is 2. The van der Waals surface area contributed by atoms with Crippen LogP contribution in [0.3, 0.4) is 0 Å². The van der Waals surface area contributed by atoms with Gasteiger partial charge in [-0.05, 0) is 42.7 Å². The maximum Gasteiger partial charge on any atom is 0.243 e. The summed E-state index contributed by atoms with van der Waals surface area (Å²) < 4.78 is 32.9. The van der Waals surface area contributed by atoms with Gasteiger partial charge in [-0.25, -0.2) is 8.42 Å². The molecule has 0 saturated carbocycles. The number of hydrogen-bond acceptors (Lipinski definition) is 3. The molecule has 1 heterocycles. The van der Waals surface area contributed by atoms with Crippen molar-refractivity contribution in [2.24, 2.45) is 0 Å². The van der Waals surface area contributed by atoms with Crippen LogP contribution in [-0.2, 0) is 21.4 Å². The highest BCUT2D eigenvalue weighted by Gasteiger charge is 2.30. The molecule has 0 aliphatic carbocycles. The fraction of sp³-hybridized carbons (Fsp3) is 0.333. The highest BCUT2D eigenvalue weighted by Crippen LogP contribution is 2.23. The molecule has 1 atom stereocenters. The van der Waals surface area contributed by atoms with Crippen LogP contribution in [0.5, 0.6) is 0 Å². The first-order valence-corrected chi connectivity index (χ1v) is 9.79. The van der Waals surface area contributed by atoms with Gasteiger partial charge >= 0.3 is 0 Å².